The molecule has 0 radical (unpaired) electrons. The van der Waals surface area contributed by atoms with Crippen LogP contribution in [0.2, 0.25) is 5.02 Å². The zero-order valence-corrected chi connectivity index (χ0v) is 18.2. The van der Waals surface area contributed by atoms with Crippen LogP contribution in [0.4, 0.5) is 10.2 Å². The highest BCUT2D eigenvalue weighted by molar-refractivity contribution is 6.32. The Morgan fingerprint density at radius 3 is 2.82 bits per heavy atom. The molecule has 5 rings (SSSR count). The molecule has 33 heavy (non-hydrogen) atoms. The first-order valence-corrected chi connectivity index (χ1v) is 10.9. The Hall–Kier alpha value is -3.27. The number of anilines is 1. The first kappa shape index (κ1) is 21.6. The van der Waals surface area contributed by atoms with E-state index in [0.29, 0.717) is 40.9 Å². The van der Waals surface area contributed by atoms with E-state index in [1.165, 1.54) is 23.0 Å². The number of halogens is 2. The Labute approximate surface area is 193 Å². The van der Waals surface area contributed by atoms with Gasteiger partial charge in [0.25, 0.3) is 5.56 Å². The number of aromatic nitrogens is 4. The summed E-state index contributed by atoms with van der Waals surface area (Å²) in [4.78, 5) is 19.4. The summed E-state index contributed by atoms with van der Waals surface area (Å²) in [5.74, 6) is 0.172. The maximum absolute atomic E-state index is 14.1. The Bertz CT molecular complexity index is 1390. The summed E-state index contributed by atoms with van der Waals surface area (Å²) in [6.45, 7) is 0.505. The van der Waals surface area contributed by atoms with Crippen molar-refractivity contribution in [2.24, 2.45) is 0 Å². The van der Waals surface area contributed by atoms with Crippen molar-refractivity contribution in [3.05, 3.63) is 81.7 Å². The van der Waals surface area contributed by atoms with Gasteiger partial charge in [0.15, 0.2) is 0 Å². The van der Waals surface area contributed by atoms with Crippen molar-refractivity contribution >= 4 is 28.3 Å². The lowest BCUT2D eigenvalue weighted by Gasteiger charge is -2.26. The van der Waals surface area contributed by atoms with Gasteiger partial charge in [0.1, 0.15) is 11.6 Å². The Balaban J connectivity index is 1.54. The maximum Gasteiger partial charge on any atom is 0.266 e. The first-order chi connectivity index (χ1) is 16.0. The second-order valence-corrected chi connectivity index (χ2v) is 8.38. The molecule has 0 spiro atoms. The van der Waals surface area contributed by atoms with Crippen molar-refractivity contribution in [1.82, 2.24) is 19.3 Å². The molecule has 1 aliphatic rings. The molecule has 170 valence electrons. The molecule has 0 amide bonds. The zero-order chi connectivity index (χ0) is 23.1. The van der Waals surface area contributed by atoms with Gasteiger partial charge >= 0.3 is 0 Å². The fraction of sp³-hybridized carbons (Fsp3) is 0.261. The van der Waals surface area contributed by atoms with Crippen molar-refractivity contribution in [2.45, 2.75) is 25.1 Å². The van der Waals surface area contributed by atoms with Gasteiger partial charge in [-0.2, -0.15) is 5.10 Å². The van der Waals surface area contributed by atoms with E-state index in [-0.39, 0.29) is 29.6 Å². The number of rotatable bonds is 5. The number of hydrogen-bond donors (Lipinski definition) is 2. The third kappa shape index (κ3) is 3.78. The van der Waals surface area contributed by atoms with E-state index in [1.807, 2.05) is 0 Å². The van der Waals surface area contributed by atoms with Crippen LogP contribution in [-0.2, 0) is 6.54 Å². The predicted octanol–water partition coefficient (Wildman–Crippen LogP) is 2.35. The van der Waals surface area contributed by atoms with Crippen LogP contribution in [0.15, 0.2) is 59.8 Å². The van der Waals surface area contributed by atoms with E-state index < -0.39 is 12.1 Å². The minimum atomic E-state index is -0.657. The van der Waals surface area contributed by atoms with E-state index in [9.17, 15) is 19.4 Å². The third-order valence-corrected chi connectivity index (χ3v) is 6.35. The number of aliphatic hydroxyl groups is 2. The number of hydrogen-bond acceptors (Lipinski definition) is 6. The second-order valence-electron chi connectivity index (χ2n) is 7.98. The van der Waals surface area contributed by atoms with Gasteiger partial charge in [0, 0.05) is 24.4 Å². The van der Waals surface area contributed by atoms with Crippen LogP contribution in [0.25, 0.3) is 16.6 Å². The van der Waals surface area contributed by atoms with Gasteiger partial charge in [0.2, 0.25) is 0 Å². The fourth-order valence-corrected chi connectivity index (χ4v) is 4.48. The van der Waals surface area contributed by atoms with Gasteiger partial charge in [-0.1, -0.05) is 29.8 Å². The predicted molar refractivity (Wildman–Crippen MR) is 122 cm³/mol. The first-order valence-electron chi connectivity index (χ1n) is 10.5. The second kappa shape index (κ2) is 8.58. The van der Waals surface area contributed by atoms with Crippen LogP contribution in [0.3, 0.4) is 0 Å². The van der Waals surface area contributed by atoms with Gasteiger partial charge < -0.3 is 15.1 Å². The number of nitrogens with zero attached hydrogens (tertiary/aromatic N) is 5. The van der Waals surface area contributed by atoms with Crippen LogP contribution in [0.1, 0.15) is 12.0 Å². The van der Waals surface area contributed by atoms with Gasteiger partial charge in [-0.05, 0) is 18.6 Å². The number of benzene rings is 1. The van der Waals surface area contributed by atoms with Crippen molar-refractivity contribution in [3.8, 4) is 5.69 Å². The van der Waals surface area contributed by atoms with Crippen molar-refractivity contribution in [1.29, 1.82) is 0 Å². The molecule has 4 aromatic rings. The number of pyridine rings is 2. The Kier molecular flexibility index (Phi) is 5.61. The van der Waals surface area contributed by atoms with Crippen molar-refractivity contribution in [3.63, 3.8) is 0 Å². The third-order valence-electron chi connectivity index (χ3n) is 6.06. The summed E-state index contributed by atoms with van der Waals surface area (Å²) in [5.41, 5.74) is 1.15. The highest BCUT2D eigenvalue weighted by atomic mass is 35.5. The summed E-state index contributed by atoms with van der Waals surface area (Å²) >= 11 is 6.39. The largest absolute Gasteiger partial charge is 0.394 e. The quantitative estimate of drug-likeness (QED) is 0.466. The fourth-order valence-electron chi connectivity index (χ4n) is 4.28. The smallest absolute Gasteiger partial charge is 0.266 e. The highest BCUT2D eigenvalue weighted by Crippen LogP contribution is 2.29. The Morgan fingerprint density at radius 2 is 2.03 bits per heavy atom. The van der Waals surface area contributed by atoms with E-state index >= 15 is 0 Å². The van der Waals surface area contributed by atoms with Crippen molar-refractivity contribution < 1.29 is 14.6 Å². The molecule has 1 saturated heterocycles. The molecule has 1 aliphatic heterocycles. The molecule has 8 nitrogen and oxygen atoms in total. The van der Waals surface area contributed by atoms with Crippen LogP contribution < -0.4 is 10.5 Å². The topological polar surface area (TPSA) is 96.4 Å². The van der Waals surface area contributed by atoms with Gasteiger partial charge in [-0.15, -0.1) is 0 Å². The lowest BCUT2D eigenvalue weighted by atomic mass is 10.2. The maximum atomic E-state index is 14.1. The van der Waals surface area contributed by atoms with Crippen LogP contribution in [0.5, 0.6) is 0 Å². The average molecular weight is 470 g/mol. The SMILES string of the molecule is O=c1c2cnn(Cc3ccccc3F)c2ccn1-c1cc(N2CC[C@H](O)[C@H]2CO)ncc1Cl. The molecular formula is C23H21ClFN5O3. The van der Waals surface area contributed by atoms with Crippen molar-refractivity contribution in [2.75, 3.05) is 18.1 Å². The molecule has 3 aromatic heterocycles. The molecule has 1 fully saturated rings. The van der Waals surface area contributed by atoms with Crippen LogP contribution in [0, 0.1) is 5.82 Å². The van der Waals surface area contributed by atoms with Gasteiger partial charge in [-0.25, -0.2) is 9.37 Å². The highest BCUT2D eigenvalue weighted by Gasteiger charge is 2.33. The molecule has 2 atom stereocenters. The number of fused-ring (bicyclic) bond motifs is 1. The summed E-state index contributed by atoms with van der Waals surface area (Å²) in [5, 5.41) is 24.7. The summed E-state index contributed by atoms with van der Waals surface area (Å²) in [7, 11) is 0. The monoisotopic (exact) mass is 469 g/mol. The lowest BCUT2D eigenvalue weighted by molar-refractivity contribution is 0.128. The molecular weight excluding hydrogens is 449 g/mol. The van der Waals surface area contributed by atoms with E-state index in [4.69, 9.17) is 11.6 Å². The minimum Gasteiger partial charge on any atom is -0.394 e. The molecule has 0 unspecified atom stereocenters. The van der Waals surface area contributed by atoms with Crippen LogP contribution in [-0.4, -0.2) is 54.8 Å². The van der Waals surface area contributed by atoms with Gasteiger partial charge in [0.05, 0.1) is 59.3 Å². The standard InChI is InChI=1S/C23H21ClFN5O3/c24-16-11-26-22(28-8-6-21(32)20(28)13-31)9-19(16)29-7-5-18-15(23(29)33)10-27-30(18)12-14-3-1-2-4-17(14)25/h1-5,7,9-11,20-21,31-32H,6,8,12-13H2/t20-,21+/m1/s1. The molecule has 10 heteroatoms. The average Bonchev–Trinajstić information content (AvgIpc) is 3.40. The summed E-state index contributed by atoms with van der Waals surface area (Å²) < 4.78 is 17.1. The van der Waals surface area contributed by atoms with E-state index in [1.54, 1.807) is 46.1 Å². The molecule has 1 aromatic carbocycles. The molecule has 0 bridgehead atoms. The van der Waals surface area contributed by atoms with E-state index in [2.05, 4.69) is 10.1 Å². The number of aliphatic hydroxyl groups excluding tert-OH is 2. The molecule has 4 heterocycles. The van der Waals surface area contributed by atoms with Gasteiger partial charge in [-0.3, -0.25) is 14.0 Å². The lowest BCUT2D eigenvalue weighted by Crippen LogP contribution is -2.38. The normalized spacial score (nSPS) is 18.4. The summed E-state index contributed by atoms with van der Waals surface area (Å²) in [6.07, 6.45) is 4.36. The molecule has 0 saturated carbocycles. The summed E-state index contributed by atoms with van der Waals surface area (Å²) in [6, 6.07) is 9.37. The zero-order valence-electron chi connectivity index (χ0n) is 17.5. The minimum absolute atomic E-state index is 0.194. The Morgan fingerprint density at radius 1 is 1.21 bits per heavy atom. The van der Waals surface area contributed by atoms with Crippen LogP contribution >= 0.6 is 11.6 Å². The molecule has 0 aliphatic carbocycles. The molecule has 2 N–H and O–H groups in total. The van der Waals surface area contributed by atoms with E-state index in [0.717, 1.165) is 0 Å².